The van der Waals surface area contributed by atoms with E-state index in [0.717, 1.165) is 41.7 Å². The van der Waals surface area contributed by atoms with Gasteiger partial charge in [-0.3, -0.25) is 4.79 Å². The summed E-state index contributed by atoms with van der Waals surface area (Å²) in [6.07, 6.45) is 7.52. The number of amides is 1. The predicted molar refractivity (Wildman–Crippen MR) is 130 cm³/mol. The number of rotatable bonds is 6. The number of thiazole rings is 1. The molecule has 0 bridgehead atoms. The van der Waals surface area contributed by atoms with Crippen molar-refractivity contribution in [1.29, 1.82) is 0 Å². The summed E-state index contributed by atoms with van der Waals surface area (Å²) < 4.78 is 17.4. The Bertz CT molecular complexity index is 1370. The Morgan fingerprint density at radius 1 is 1.31 bits per heavy atom. The van der Waals surface area contributed by atoms with E-state index in [0.29, 0.717) is 34.4 Å². The number of pyridine rings is 1. The molecule has 4 aromatic rings. The number of halogens is 2. The molecule has 0 saturated heterocycles. The van der Waals surface area contributed by atoms with Crippen LogP contribution in [0.25, 0.3) is 16.9 Å². The fraction of sp³-hybridized carbons (Fsp3) is 0.435. The second kappa shape index (κ2) is 9.63. The molecule has 0 aliphatic heterocycles. The van der Waals surface area contributed by atoms with Crippen LogP contribution in [0.2, 0.25) is 4.34 Å². The van der Waals surface area contributed by atoms with Gasteiger partial charge in [-0.15, -0.1) is 0 Å². The average Bonchev–Trinajstić information content (AvgIpc) is 3.53. The largest absolute Gasteiger partial charge is 0.389 e. The van der Waals surface area contributed by atoms with E-state index >= 15 is 0 Å². The standard InChI is InChI=1S/C23H25ClFN7O2S/c1-12(2)6-20-29-15-9-26-19(31-11-13(25)8-28-31)7-17(15)32(20)16-5-3-4-14(21(16)33)30-22(34)23-27-10-18(24)35-23/h7-12,14,16,21,33H,3-6H2,1-2H3,(H,30,34)/t14?,16?,21-/m0/s1. The normalized spacial score (nSPS) is 20.6. The van der Waals surface area contributed by atoms with Gasteiger partial charge in [0, 0.05) is 12.5 Å². The molecular weight excluding hydrogens is 493 g/mol. The highest BCUT2D eigenvalue weighted by atomic mass is 35.5. The van der Waals surface area contributed by atoms with Gasteiger partial charge in [0.05, 0.1) is 48.5 Å². The van der Waals surface area contributed by atoms with Crippen molar-refractivity contribution in [3.63, 3.8) is 0 Å². The van der Waals surface area contributed by atoms with Gasteiger partial charge in [0.15, 0.2) is 16.6 Å². The molecule has 0 radical (unpaired) electrons. The number of imidazole rings is 1. The Hall–Kier alpha value is -2.89. The van der Waals surface area contributed by atoms with E-state index in [2.05, 4.69) is 38.8 Å². The highest BCUT2D eigenvalue weighted by Crippen LogP contribution is 2.34. The third-order valence-electron chi connectivity index (χ3n) is 6.15. The van der Waals surface area contributed by atoms with Crippen LogP contribution in [0.1, 0.15) is 54.8 Å². The summed E-state index contributed by atoms with van der Waals surface area (Å²) in [7, 11) is 0. The molecule has 12 heteroatoms. The van der Waals surface area contributed by atoms with Crippen LogP contribution in [0.15, 0.2) is 30.9 Å². The summed E-state index contributed by atoms with van der Waals surface area (Å²) >= 11 is 7.02. The number of aliphatic hydroxyl groups excluding tert-OH is 1. The average molecular weight is 518 g/mol. The first-order valence-electron chi connectivity index (χ1n) is 11.5. The summed E-state index contributed by atoms with van der Waals surface area (Å²) in [5.74, 6) is 0.822. The maximum absolute atomic E-state index is 13.6. The molecule has 1 aliphatic carbocycles. The van der Waals surface area contributed by atoms with Crippen LogP contribution >= 0.6 is 22.9 Å². The number of nitrogens with one attached hydrogen (secondary N) is 1. The van der Waals surface area contributed by atoms with Gasteiger partial charge in [-0.1, -0.05) is 36.8 Å². The molecule has 5 rings (SSSR count). The third-order valence-corrected chi connectivity index (χ3v) is 7.27. The van der Waals surface area contributed by atoms with Gasteiger partial charge >= 0.3 is 0 Å². The third kappa shape index (κ3) is 4.80. The van der Waals surface area contributed by atoms with Crippen LogP contribution in [-0.4, -0.2) is 52.5 Å². The molecule has 4 aromatic heterocycles. The molecule has 35 heavy (non-hydrogen) atoms. The maximum Gasteiger partial charge on any atom is 0.280 e. The lowest BCUT2D eigenvalue weighted by Crippen LogP contribution is -2.49. The summed E-state index contributed by atoms with van der Waals surface area (Å²) in [4.78, 5) is 25.9. The molecule has 2 N–H and O–H groups in total. The first-order valence-corrected chi connectivity index (χ1v) is 12.7. The van der Waals surface area contributed by atoms with Gasteiger partial charge in [-0.05, 0) is 25.2 Å². The predicted octanol–water partition coefficient (Wildman–Crippen LogP) is 3.95. The number of nitrogens with zero attached hydrogens (tertiary/aromatic N) is 6. The number of fused-ring (bicyclic) bond motifs is 1. The van der Waals surface area contributed by atoms with Gasteiger partial charge in [0.2, 0.25) is 0 Å². The Balaban J connectivity index is 1.51. The minimum Gasteiger partial charge on any atom is -0.389 e. The zero-order chi connectivity index (χ0) is 24.7. The van der Waals surface area contributed by atoms with E-state index < -0.39 is 18.0 Å². The van der Waals surface area contributed by atoms with E-state index in [4.69, 9.17) is 16.6 Å². The molecule has 0 aromatic carbocycles. The fourth-order valence-electron chi connectivity index (χ4n) is 4.65. The Kier molecular flexibility index (Phi) is 6.56. The molecule has 0 spiro atoms. The highest BCUT2D eigenvalue weighted by Gasteiger charge is 2.36. The lowest BCUT2D eigenvalue weighted by Gasteiger charge is -2.37. The van der Waals surface area contributed by atoms with Crippen molar-refractivity contribution < 1.29 is 14.3 Å². The van der Waals surface area contributed by atoms with Crippen LogP contribution in [0.3, 0.4) is 0 Å². The van der Waals surface area contributed by atoms with Crippen molar-refractivity contribution in [3.05, 3.63) is 51.8 Å². The number of carbonyl (C=O) groups is 1. The first-order chi connectivity index (χ1) is 16.8. The second-order valence-electron chi connectivity index (χ2n) is 9.17. The quantitative estimate of drug-likeness (QED) is 0.400. The van der Waals surface area contributed by atoms with Crippen molar-refractivity contribution in [1.82, 2.24) is 34.6 Å². The Morgan fingerprint density at radius 3 is 2.83 bits per heavy atom. The van der Waals surface area contributed by atoms with Gasteiger partial charge in [-0.2, -0.15) is 5.10 Å². The number of carbonyl (C=O) groups excluding carboxylic acids is 1. The molecule has 4 heterocycles. The van der Waals surface area contributed by atoms with E-state index in [1.54, 1.807) is 6.20 Å². The molecule has 1 amide bonds. The molecule has 1 fully saturated rings. The van der Waals surface area contributed by atoms with Gasteiger partial charge in [0.25, 0.3) is 5.91 Å². The molecule has 1 aliphatic rings. The van der Waals surface area contributed by atoms with Crippen LogP contribution in [0, 0.1) is 11.7 Å². The van der Waals surface area contributed by atoms with Crippen molar-refractivity contribution in [2.45, 2.75) is 57.7 Å². The van der Waals surface area contributed by atoms with Crippen molar-refractivity contribution >= 4 is 39.9 Å². The van der Waals surface area contributed by atoms with Gasteiger partial charge < -0.3 is 15.0 Å². The first kappa shape index (κ1) is 23.8. The molecule has 2 unspecified atom stereocenters. The van der Waals surface area contributed by atoms with E-state index in [1.807, 2.05) is 6.07 Å². The smallest absolute Gasteiger partial charge is 0.280 e. The zero-order valence-electron chi connectivity index (χ0n) is 19.2. The summed E-state index contributed by atoms with van der Waals surface area (Å²) in [5, 5.41) is 18.6. The zero-order valence-corrected chi connectivity index (χ0v) is 20.8. The molecule has 3 atom stereocenters. The molecular formula is C23H25ClFN7O2S. The maximum atomic E-state index is 13.6. The van der Waals surface area contributed by atoms with Crippen molar-refractivity contribution in [3.8, 4) is 5.82 Å². The minimum absolute atomic E-state index is 0.264. The van der Waals surface area contributed by atoms with Crippen molar-refractivity contribution in [2.75, 3.05) is 0 Å². The fourth-order valence-corrected chi connectivity index (χ4v) is 5.47. The van der Waals surface area contributed by atoms with Gasteiger partial charge in [0.1, 0.15) is 15.7 Å². The minimum atomic E-state index is -0.842. The SMILES string of the molecule is CC(C)Cc1nc2cnc(-n3cc(F)cn3)cc2n1C1CCCC(NC(=O)c2ncc(Cl)s2)[C@@H]1O. The summed E-state index contributed by atoms with van der Waals surface area (Å²) in [6.45, 7) is 4.22. The Labute approximate surface area is 210 Å². The number of aliphatic hydroxyl groups is 1. The van der Waals surface area contributed by atoms with Crippen LogP contribution in [0.5, 0.6) is 0 Å². The van der Waals surface area contributed by atoms with Gasteiger partial charge in [-0.25, -0.2) is 24.0 Å². The molecule has 184 valence electrons. The topological polar surface area (TPSA) is 111 Å². The van der Waals surface area contributed by atoms with Crippen molar-refractivity contribution in [2.24, 2.45) is 5.92 Å². The Morgan fingerprint density at radius 2 is 2.14 bits per heavy atom. The lowest BCUT2D eigenvalue weighted by atomic mass is 9.87. The van der Waals surface area contributed by atoms with Crippen LogP contribution < -0.4 is 5.32 Å². The van der Waals surface area contributed by atoms with E-state index in [1.165, 1.54) is 17.1 Å². The van der Waals surface area contributed by atoms with E-state index in [9.17, 15) is 14.3 Å². The second-order valence-corrected chi connectivity index (χ2v) is 10.8. The monoisotopic (exact) mass is 517 g/mol. The number of hydrogen-bond donors (Lipinski definition) is 2. The molecule has 1 saturated carbocycles. The van der Waals surface area contributed by atoms with E-state index in [-0.39, 0.29) is 17.0 Å². The number of aromatic nitrogens is 6. The highest BCUT2D eigenvalue weighted by molar-refractivity contribution is 7.17. The summed E-state index contributed by atoms with van der Waals surface area (Å²) in [6, 6.07) is 1.05. The number of hydrogen-bond acceptors (Lipinski definition) is 7. The molecule has 9 nitrogen and oxygen atoms in total. The van der Waals surface area contributed by atoms with Crippen LogP contribution in [0.4, 0.5) is 4.39 Å². The summed E-state index contributed by atoms with van der Waals surface area (Å²) in [5.41, 5.74) is 1.47. The lowest BCUT2D eigenvalue weighted by molar-refractivity contribution is 0.0402. The van der Waals surface area contributed by atoms with Crippen LogP contribution in [-0.2, 0) is 6.42 Å².